The number of nitrogens with one attached hydrogen (secondary N) is 1. The Bertz CT molecular complexity index is 478. The third-order valence-electron chi connectivity index (χ3n) is 4.52. The molecule has 0 bridgehead atoms. The Kier molecular flexibility index (Phi) is 5.40. The van der Waals surface area contributed by atoms with Crippen molar-refractivity contribution in [1.82, 2.24) is 4.90 Å². The van der Waals surface area contributed by atoms with Gasteiger partial charge in [-0.3, -0.25) is 9.69 Å². The van der Waals surface area contributed by atoms with E-state index in [1.165, 1.54) is 6.42 Å². The first-order valence-electron chi connectivity index (χ1n) is 8.14. The van der Waals surface area contributed by atoms with Crippen LogP contribution in [0.4, 0.5) is 5.69 Å². The minimum Gasteiger partial charge on any atom is -0.324 e. The van der Waals surface area contributed by atoms with E-state index in [0.717, 1.165) is 42.7 Å². The Morgan fingerprint density at radius 3 is 2.62 bits per heavy atom. The summed E-state index contributed by atoms with van der Waals surface area (Å²) in [6.45, 7) is 10.6. The zero-order valence-corrected chi connectivity index (χ0v) is 13.8. The van der Waals surface area contributed by atoms with E-state index in [4.69, 9.17) is 0 Å². The maximum absolute atomic E-state index is 12.7. The van der Waals surface area contributed by atoms with Gasteiger partial charge in [0.05, 0.1) is 6.04 Å². The summed E-state index contributed by atoms with van der Waals surface area (Å²) in [5.41, 5.74) is 3.25. The van der Waals surface area contributed by atoms with Gasteiger partial charge in [0.1, 0.15) is 0 Å². The number of rotatable bonds is 4. The van der Waals surface area contributed by atoms with Crippen LogP contribution >= 0.6 is 0 Å². The topological polar surface area (TPSA) is 32.3 Å². The van der Waals surface area contributed by atoms with Gasteiger partial charge in [0.2, 0.25) is 5.91 Å². The van der Waals surface area contributed by atoms with Crippen LogP contribution in [0, 0.1) is 19.8 Å². The quantitative estimate of drug-likeness (QED) is 0.915. The monoisotopic (exact) mass is 288 g/mol. The molecule has 0 radical (unpaired) electrons. The van der Waals surface area contributed by atoms with Crippen molar-refractivity contribution in [2.45, 2.75) is 53.0 Å². The highest BCUT2D eigenvalue weighted by Crippen LogP contribution is 2.25. The van der Waals surface area contributed by atoms with Crippen molar-refractivity contribution in [2.75, 3.05) is 18.4 Å². The summed E-state index contributed by atoms with van der Waals surface area (Å²) >= 11 is 0. The number of hydrogen-bond donors (Lipinski definition) is 1. The third-order valence-corrected chi connectivity index (χ3v) is 4.52. The van der Waals surface area contributed by atoms with Gasteiger partial charge >= 0.3 is 0 Å². The first-order chi connectivity index (χ1) is 10.0. The lowest BCUT2D eigenvalue weighted by atomic mass is 9.91. The van der Waals surface area contributed by atoms with E-state index in [1.807, 2.05) is 6.07 Å². The maximum Gasteiger partial charge on any atom is 0.241 e. The standard InChI is InChI=1S/C18H28N2O/c1-5-10-20-11-9-13(2)12-16(20)18(21)19-17-14(3)7-6-8-15(17)4/h6-8,13,16H,5,9-12H2,1-4H3,(H,19,21)/t13-,16-/m0/s1. The van der Waals surface area contributed by atoms with E-state index in [9.17, 15) is 4.79 Å². The molecule has 1 aromatic carbocycles. The van der Waals surface area contributed by atoms with Crippen molar-refractivity contribution in [1.29, 1.82) is 0 Å². The fourth-order valence-corrected chi connectivity index (χ4v) is 3.24. The highest BCUT2D eigenvalue weighted by Gasteiger charge is 2.31. The summed E-state index contributed by atoms with van der Waals surface area (Å²) in [7, 11) is 0. The summed E-state index contributed by atoms with van der Waals surface area (Å²) in [6, 6.07) is 6.16. The van der Waals surface area contributed by atoms with Gasteiger partial charge in [-0.15, -0.1) is 0 Å². The van der Waals surface area contributed by atoms with E-state index in [0.29, 0.717) is 5.92 Å². The molecule has 116 valence electrons. The Morgan fingerprint density at radius 2 is 2.00 bits per heavy atom. The molecule has 1 amide bonds. The molecular weight excluding hydrogens is 260 g/mol. The fourth-order valence-electron chi connectivity index (χ4n) is 3.24. The Hall–Kier alpha value is -1.35. The number of likely N-dealkylation sites (tertiary alicyclic amines) is 1. The van der Waals surface area contributed by atoms with Gasteiger partial charge < -0.3 is 5.32 Å². The second-order valence-electron chi connectivity index (χ2n) is 6.44. The molecule has 1 heterocycles. The molecule has 1 saturated heterocycles. The SMILES string of the molecule is CCCN1CC[C@H](C)C[C@H]1C(=O)Nc1c(C)cccc1C. The molecule has 1 fully saturated rings. The lowest BCUT2D eigenvalue weighted by molar-refractivity contribution is -0.123. The van der Waals surface area contributed by atoms with E-state index in [-0.39, 0.29) is 11.9 Å². The molecule has 0 aromatic heterocycles. The minimum atomic E-state index is 0.0210. The molecular formula is C18H28N2O. The number of aryl methyl sites for hydroxylation is 2. The summed E-state index contributed by atoms with van der Waals surface area (Å²) in [4.78, 5) is 15.1. The lowest BCUT2D eigenvalue weighted by Crippen LogP contribution is -2.49. The van der Waals surface area contributed by atoms with Crippen LogP contribution < -0.4 is 5.32 Å². The summed E-state index contributed by atoms with van der Waals surface area (Å²) in [5, 5.41) is 3.18. The van der Waals surface area contributed by atoms with E-state index >= 15 is 0 Å². The van der Waals surface area contributed by atoms with Crippen molar-refractivity contribution in [2.24, 2.45) is 5.92 Å². The van der Waals surface area contributed by atoms with Crippen LogP contribution in [-0.4, -0.2) is 29.9 Å². The van der Waals surface area contributed by atoms with E-state index in [1.54, 1.807) is 0 Å². The number of para-hydroxylation sites is 1. The number of piperidine rings is 1. The van der Waals surface area contributed by atoms with Crippen LogP contribution in [0.5, 0.6) is 0 Å². The van der Waals surface area contributed by atoms with Crippen LogP contribution in [0.1, 0.15) is 44.2 Å². The van der Waals surface area contributed by atoms with Crippen LogP contribution in [0.15, 0.2) is 18.2 Å². The molecule has 3 nitrogen and oxygen atoms in total. The molecule has 0 unspecified atom stereocenters. The lowest BCUT2D eigenvalue weighted by Gasteiger charge is -2.37. The number of carbonyl (C=O) groups is 1. The largest absolute Gasteiger partial charge is 0.324 e. The molecule has 1 aliphatic heterocycles. The van der Waals surface area contributed by atoms with Gasteiger partial charge in [-0.1, -0.05) is 32.0 Å². The third kappa shape index (κ3) is 3.85. The molecule has 2 atom stereocenters. The number of amides is 1. The average molecular weight is 288 g/mol. The highest BCUT2D eigenvalue weighted by atomic mass is 16.2. The predicted molar refractivity (Wildman–Crippen MR) is 88.6 cm³/mol. The molecule has 21 heavy (non-hydrogen) atoms. The second-order valence-corrected chi connectivity index (χ2v) is 6.44. The van der Waals surface area contributed by atoms with Crippen LogP contribution in [0.3, 0.4) is 0 Å². The number of benzene rings is 1. The van der Waals surface area contributed by atoms with Crippen molar-refractivity contribution in [3.63, 3.8) is 0 Å². The van der Waals surface area contributed by atoms with Gasteiger partial charge in [0.15, 0.2) is 0 Å². The van der Waals surface area contributed by atoms with Gasteiger partial charge in [-0.05, 0) is 63.2 Å². The van der Waals surface area contributed by atoms with Gasteiger partial charge in [0, 0.05) is 5.69 Å². The van der Waals surface area contributed by atoms with Crippen molar-refractivity contribution < 1.29 is 4.79 Å². The number of nitrogens with zero attached hydrogens (tertiary/aromatic N) is 1. The van der Waals surface area contributed by atoms with Gasteiger partial charge in [-0.2, -0.15) is 0 Å². The summed E-state index contributed by atoms with van der Waals surface area (Å²) < 4.78 is 0. The highest BCUT2D eigenvalue weighted by molar-refractivity contribution is 5.96. The summed E-state index contributed by atoms with van der Waals surface area (Å²) in [6.07, 6.45) is 3.27. The molecule has 0 aliphatic carbocycles. The fraction of sp³-hybridized carbons (Fsp3) is 0.611. The molecule has 0 saturated carbocycles. The second kappa shape index (κ2) is 7.08. The Balaban J connectivity index is 2.13. The molecule has 1 aliphatic rings. The Morgan fingerprint density at radius 1 is 1.33 bits per heavy atom. The molecule has 1 aromatic rings. The van der Waals surface area contributed by atoms with Gasteiger partial charge in [-0.25, -0.2) is 0 Å². The molecule has 1 N–H and O–H groups in total. The smallest absolute Gasteiger partial charge is 0.241 e. The first kappa shape index (κ1) is 16.0. The zero-order chi connectivity index (χ0) is 15.4. The van der Waals surface area contributed by atoms with Crippen LogP contribution in [0.2, 0.25) is 0 Å². The molecule has 3 heteroatoms. The average Bonchev–Trinajstić information content (AvgIpc) is 2.45. The number of carbonyl (C=O) groups excluding carboxylic acids is 1. The van der Waals surface area contributed by atoms with Crippen molar-refractivity contribution in [3.05, 3.63) is 29.3 Å². The number of hydrogen-bond acceptors (Lipinski definition) is 2. The maximum atomic E-state index is 12.7. The number of anilines is 1. The van der Waals surface area contributed by atoms with Crippen LogP contribution in [-0.2, 0) is 4.79 Å². The van der Waals surface area contributed by atoms with Crippen molar-refractivity contribution in [3.8, 4) is 0 Å². The van der Waals surface area contributed by atoms with Gasteiger partial charge in [0.25, 0.3) is 0 Å². The van der Waals surface area contributed by atoms with Crippen LogP contribution in [0.25, 0.3) is 0 Å². The van der Waals surface area contributed by atoms with E-state index < -0.39 is 0 Å². The first-order valence-corrected chi connectivity index (χ1v) is 8.14. The van der Waals surface area contributed by atoms with E-state index in [2.05, 4.69) is 50.0 Å². The molecule has 0 spiro atoms. The van der Waals surface area contributed by atoms with Crippen molar-refractivity contribution >= 4 is 11.6 Å². The normalized spacial score (nSPS) is 23.0. The summed E-state index contributed by atoms with van der Waals surface area (Å²) in [5.74, 6) is 0.791. The molecule has 2 rings (SSSR count). The Labute approximate surface area is 128 Å². The zero-order valence-electron chi connectivity index (χ0n) is 13.8. The predicted octanol–water partition coefficient (Wildman–Crippen LogP) is 3.75. The minimum absolute atomic E-state index is 0.0210.